The van der Waals surface area contributed by atoms with Crippen LogP contribution in [0.5, 0.6) is 0 Å². The number of anilines is 1. The zero-order chi connectivity index (χ0) is 39.6. The number of amides is 1. The van der Waals surface area contributed by atoms with Gasteiger partial charge in [0.15, 0.2) is 0 Å². The first kappa shape index (κ1) is 39.1. The quantitative estimate of drug-likeness (QED) is 0.112. The Morgan fingerprint density at radius 3 is 2.48 bits per heavy atom. The number of aromatic nitrogens is 1. The van der Waals surface area contributed by atoms with E-state index < -0.39 is 42.6 Å². The van der Waals surface area contributed by atoms with Crippen LogP contribution in [-0.4, -0.2) is 99.0 Å². The van der Waals surface area contributed by atoms with Crippen LogP contribution in [0, 0.1) is 5.82 Å². The Morgan fingerprint density at radius 1 is 0.964 bits per heavy atom. The van der Waals surface area contributed by atoms with Crippen molar-refractivity contribution in [3.8, 4) is 11.1 Å². The molecule has 1 amide bonds. The smallest absolute Gasteiger partial charge is 0.411 e. The summed E-state index contributed by atoms with van der Waals surface area (Å²) in [4.78, 5) is 37.1. The monoisotopic (exact) mass is 771 g/mol. The first-order valence-corrected chi connectivity index (χ1v) is 18.8. The summed E-state index contributed by atoms with van der Waals surface area (Å²) in [6.45, 7) is 1.68. The Kier molecular flexibility index (Phi) is 11.6. The van der Waals surface area contributed by atoms with E-state index in [1.807, 2.05) is 61.6 Å². The highest BCUT2D eigenvalue weighted by Gasteiger charge is 2.46. The number of methoxy groups -OCH3 is 1. The summed E-state index contributed by atoms with van der Waals surface area (Å²) >= 11 is 0. The number of benzene rings is 4. The van der Waals surface area contributed by atoms with Crippen molar-refractivity contribution in [1.82, 2.24) is 20.1 Å². The van der Waals surface area contributed by atoms with E-state index in [1.54, 1.807) is 6.20 Å². The minimum absolute atomic E-state index is 0.0192. The highest BCUT2D eigenvalue weighted by molar-refractivity contribution is 6.06. The lowest BCUT2D eigenvalue weighted by atomic mass is 9.90. The molecule has 2 atom stereocenters. The van der Waals surface area contributed by atoms with Gasteiger partial charge >= 0.3 is 12.1 Å². The van der Waals surface area contributed by atoms with Gasteiger partial charge in [0.25, 0.3) is 5.91 Å². The van der Waals surface area contributed by atoms with Gasteiger partial charge in [-0.1, -0.05) is 36.4 Å². The molecule has 7 rings (SSSR count). The number of carbonyl (C=O) groups is 2. The highest BCUT2D eigenvalue weighted by atomic mass is 19.4. The van der Waals surface area contributed by atoms with Crippen LogP contribution in [0.15, 0.2) is 79.1 Å². The standard InChI is InChI=1S/C43H45F4N5O4/c1-50(2)24-27-18-29-12-13-48-23-36(29)35(19-27)34-11-7-9-32-28(8-6-10-33(32)34)21-38(42(54)55-3)49-41(53)40-30(25-51-14-4-5-15-51)20-31(22-37(40)44)52-16-17-56-26-39(52)43(45,46)47/h6-13,18-20,22-23,38-39H,4-5,14-17,21,24-26H2,1-3H3,(H,49,53)/t38-,39+/m0/s1. The number of fused-ring (bicyclic) bond motifs is 2. The number of morpholine rings is 1. The molecule has 1 aromatic heterocycles. The Balaban J connectivity index is 1.23. The molecule has 5 aromatic rings. The number of halogens is 4. The molecule has 9 nitrogen and oxygen atoms in total. The van der Waals surface area contributed by atoms with Crippen molar-refractivity contribution in [2.45, 2.75) is 50.6 Å². The van der Waals surface area contributed by atoms with Gasteiger partial charge in [0.1, 0.15) is 17.9 Å². The molecule has 0 radical (unpaired) electrons. The summed E-state index contributed by atoms with van der Waals surface area (Å²) in [7, 11) is 5.26. The number of alkyl halides is 3. The predicted molar refractivity (Wildman–Crippen MR) is 208 cm³/mol. The third-order valence-corrected chi connectivity index (χ3v) is 10.6. The number of hydrogen-bond acceptors (Lipinski definition) is 8. The molecule has 0 aliphatic carbocycles. The number of nitrogens with one attached hydrogen (secondary N) is 1. The lowest BCUT2D eigenvalue weighted by Gasteiger charge is -2.38. The summed E-state index contributed by atoms with van der Waals surface area (Å²) in [5.41, 5.74) is 3.82. The lowest BCUT2D eigenvalue weighted by molar-refractivity contribution is -0.167. The SMILES string of the molecule is COC(=O)[C@H](Cc1cccc2c(-c3cc(CN(C)C)cc4ccncc34)cccc12)NC(=O)c1c(F)cc(N2CCOC[C@@H]2C(F)(F)F)cc1CN1CCCC1. The van der Waals surface area contributed by atoms with Gasteiger partial charge in [-0.2, -0.15) is 13.2 Å². The van der Waals surface area contributed by atoms with Crippen LogP contribution < -0.4 is 10.2 Å². The third kappa shape index (κ3) is 8.35. The van der Waals surface area contributed by atoms with E-state index >= 15 is 4.39 Å². The molecule has 0 spiro atoms. The fourth-order valence-electron chi connectivity index (χ4n) is 8.07. The average Bonchev–Trinajstić information content (AvgIpc) is 3.69. The summed E-state index contributed by atoms with van der Waals surface area (Å²) in [5.74, 6) is -2.55. The van der Waals surface area contributed by atoms with Crippen molar-refractivity contribution in [2.75, 3.05) is 59.0 Å². The molecule has 2 fully saturated rings. The number of esters is 1. The number of nitrogens with zero attached hydrogens (tertiary/aromatic N) is 4. The average molecular weight is 772 g/mol. The predicted octanol–water partition coefficient (Wildman–Crippen LogP) is 7.13. The van der Waals surface area contributed by atoms with Gasteiger partial charge < -0.3 is 24.6 Å². The fraction of sp³-hybridized carbons (Fsp3) is 0.372. The molecule has 4 aromatic carbocycles. The van der Waals surface area contributed by atoms with Crippen molar-refractivity contribution in [2.24, 2.45) is 0 Å². The number of carbonyl (C=O) groups excluding carboxylic acids is 2. The van der Waals surface area contributed by atoms with E-state index in [0.29, 0.717) is 13.1 Å². The highest BCUT2D eigenvalue weighted by Crippen LogP contribution is 2.37. The normalized spacial score (nSPS) is 17.1. The van der Waals surface area contributed by atoms with Gasteiger partial charge in [-0.15, -0.1) is 0 Å². The zero-order valence-corrected chi connectivity index (χ0v) is 31.7. The Hall–Kier alpha value is -5.11. The molecule has 13 heteroatoms. The first-order valence-electron chi connectivity index (χ1n) is 18.8. The van der Waals surface area contributed by atoms with E-state index in [0.717, 1.165) is 74.2 Å². The Labute approximate surface area is 323 Å². The second-order valence-electron chi connectivity index (χ2n) is 14.8. The minimum atomic E-state index is -4.61. The first-order chi connectivity index (χ1) is 26.9. The van der Waals surface area contributed by atoms with Crippen LogP contribution in [0.4, 0.5) is 23.2 Å². The van der Waals surface area contributed by atoms with Crippen LogP contribution in [-0.2, 0) is 33.8 Å². The van der Waals surface area contributed by atoms with Gasteiger partial charge in [0.2, 0.25) is 0 Å². The van der Waals surface area contributed by atoms with E-state index in [-0.39, 0.29) is 42.9 Å². The molecule has 0 saturated carbocycles. The number of ether oxygens (including phenoxy) is 2. The molecule has 0 unspecified atom stereocenters. The molecule has 2 aliphatic rings. The van der Waals surface area contributed by atoms with Gasteiger partial charge in [-0.25, -0.2) is 9.18 Å². The van der Waals surface area contributed by atoms with Crippen LogP contribution in [0.3, 0.4) is 0 Å². The molecule has 0 bridgehead atoms. The number of rotatable bonds is 11. The van der Waals surface area contributed by atoms with E-state index in [9.17, 15) is 22.8 Å². The lowest BCUT2D eigenvalue weighted by Crippen LogP contribution is -2.53. The van der Waals surface area contributed by atoms with Crippen LogP contribution >= 0.6 is 0 Å². The van der Waals surface area contributed by atoms with E-state index in [2.05, 4.69) is 33.4 Å². The Bertz CT molecular complexity index is 2240. The maximum absolute atomic E-state index is 16.3. The van der Waals surface area contributed by atoms with Gasteiger partial charge in [0.05, 0.1) is 25.9 Å². The van der Waals surface area contributed by atoms with Crippen molar-refractivity contribution in [3.05, 3.63) is 107 Å². The molecule has 2 saturated heterocycles. The van der Waals surface area contributed by atoms with E-state index in [1.165, 1.54) is 13.2 Å². The maximum atomic E-state index is 16.3. The molecule has 1 N–H and O–H groups in total. The van der Waals surface area contributed by atoms with Crippen LogP contribution in [0.1, 0.15) is 39.9 Å². The zero-order valence-electron chi connectivity index (χ0n) is 31.7. The largest absolute Gasteiger partial charge is 0.467 e. The van der Waals surface area contributed by atoms with Crippen molar-refractivity contribution in [3.63, 3.8) is 0 Å². The molecule has 3 heterocycles. The van der Waals surface area contributed by atoms with Crippen molar-refractivity contribution < 1.29 is 36.6 Å². The second-order valence-corrected chi connectivity index (χ2v) is 14.8. The maximum Gasteiger partial charge on any atom is 0.411 e. The number of hydrogen-bond donors (Lipinski definition) is 1. The van der Waals surface area contributed by atoms with E-state index in [4.69, 9.17) is 9.47 Å². The molecule has 2 aliphatic heterocycles. The number of pyridine rings is 1. The topological polar surface area (TPSA) is 87.2 Å². The number of likely N-dealkylation sites (tertiary alicyclic amines) is 1. The summed E-state index contributed by atoms with van der Waals surface area (Å²) in [5, 5.41) is 6.58. The minimum Gasteiger partial charge on any atom is -0.467 e. The summed E-state index contributed by atoms with van der Waals surface area (Å²) < 4.78 is 68.6. The van der Waals surface area contributed by atoms with Gasteiger partial charge in [-0.3, -0.25) is 14.7 Å². The third-order valence-electron chi connectivity index (χ3n) is 10.6. The van der Waals surface area contributed by atoms with Crippen molar-refractivity contribution in [1.29, 1.82) is 0 Å². The van der Waals surface area contributed by atoms with Gasteiger partial charge in [-0.05, 0) is 114 Å². The molecular formula is C43H45F4N5O4. The Morgan fingerprint density at radius 2 is 1.73 bits per heavy atom. The summed E-state index contributed by atoms with van der Waals surface area (Å²) in [6.07, 6.45) is 0.875. The molecule has 294 valence electrons. The van der Waals surface area contributed by atoms with Crippen LogP contribution in [0.2, 0.25) is 0 Å². The molecule has 56 heavy (non-hydrogen) atoms. The second kappa shape index (κ2) is 16.5. The van der Waals surface area contributed by atoms with Gasteiger partial charge in [0, 0.05) is 49.5 Å². The van der Waals surface area contributed by atoms with Crippen LogP contribution in [0.25, 0.3) is 32.7 Å². The summed E-state index contributed by atoms with van der Waals surface area (Å²) in [6, 6.07) is 17.3. The fourth-order valence-corrected chi connectivity index (χ4v) is 8.07. The van der Waals surface area contributed by atoms with Crippen molar-refractivity contribution >= 4 is 39.1 Å². The molecular weight excluding hydrogens is 726 g/mol.